The van der Waals surface area contributed by atoms with Gasteiger partial charge in [-0.15, -0.1) is 0 Å². The zero-order valence-electron chi connectivity index (χ0n) is 18.9. The molecule has 4 rings (SSSR count). The standard InChI is InChI=1S/C27H31F5O/c1-2-3-17-4-5-21(14-17)20-8-6-18(7-9-20)19-10-12-22(13-11-19)27(31,32)33-23-15-24(28)26(30)25(29)16-23/h10-13,15-18,20-21H,2-9,14H2,1H3. The van der Waals surface area contributed by atoms with Gasteiger partial charge in [-0.05, 0) is 79.9 Å². The van der Waals surface area contributed by atoms with Crippen molar-refractivity contribution in [3.63, 3.8) is 0 Å². The predicted molar refractivity (Wildman–Crippen MR) is 118 cm³/mol. The molecule has 6 heteroatoms. The lowest BCUT2D eigenvalue weighted by molar-refractivity contribution is -0.185. The summed E-state index contributed by atoms with van der Waals surface area (Å²) in [6.45, 7) is 2.26. The largest absolute Gasteiger partial charge is 0.429 e. The van der Waals surface area contributed by atoms with Crippen LogP contribution in [0.1, 0.15) is 81.8 Å². The molecule has 33 heavy (non-hydrogen) atoms. The van der Waals surface area contributed by atoms with Crippen molar-refractivity contribution in [2.24, 2.45) is 17.8 Å². The molecule has 2 unspecified atom stereocenters. The first-order valence-corrected chi connectivity index (χ1v) is 12.1. The number of alkyl halides is 2. The number of halogens is 5. The Balaban J connectivity index is 1.34. The minimum absolute atomic E-state index is 0.359. The predicted octanol–water partition coefficient (Wildman–Crippen LogP) is 8.72. The molecule has 0 aliphatic heterocycles. The maximum absolute atomic E-state index is 14.5. The third-order valence-electron chi connectivity index (χ3n) is 7.64. The summed E-state index contributed by atoms with van der Waals surface area (Å²) in [5.74, 6) is -2.76. The summed E-state index contributed by atoms with van der Waals surface area (Å²) >= 11 is 0. The Kier molecular flexibility index (Phi) is 7.30. The fourth-order valence-electron chi connectivity index (χ4n) is 5.88. The average molecular weight is 467 g/mol. The van der Waals surface area contributed by atoms with E-state index in [1.807, 2.05) is 0 Å². The van der Waals surface area contributed by atoms with Crippen LogP contribution in [0.5, 0.6) is 5.75 Å². The molecule has 2 fully saturated rings. The van der Waals surface area contributed by atoms with E-state index in [2.05, 4.69) is 11.7 Å². The van der Waals surface area contributed by atoms with Crippen molar-refractivity contribution in [1.29, 1.82) is 0 Å². The van der Waals surface area contributed by atoms with Crippen LogP contribution < -0.4 is 4.74 Å². The Hall–Kier alpha value is -2.11. The van der Waals surface area contributed by atoms with Gasteiger partial charge in [0, 0.05) is 12.1 Å². The first-order chi connectivity index (χ1) is 15.8. The van der Waals surface area contributed by atoms with E-state index >= 15 is 0 Å². The SMILES string of the molecule is CCCC1CCC(C2CCC(c3ccc(C(F)(F)Oc4cc(F)c(F)c(F)c4)cc3)CC2)C1. The molecule has 0 amide bonds. The molecule has 2 aliphatic rings. The Morgan fingerprint density at radius 2 is 1.45 bits per heavy atom. The molecule has 0 bridgehead atoms. The molecule has 2 aromatic carbocycles. The van der Waals surface area contributed by atoms with E-state index in [0.29, 0.717) is 18.1 Å². The summed E-state index contributed by atoms with van der Waals surface area (Å²) < 4.78 is 73.3. The van der Waals surface area contributed by atoms with Gasteiger partial charge >= 0.3 is 6.11 Å². The van der Waals surface area contributed by atoms with Crippen molar-refractivity contribution in [3.8, 4) is 5.75 Å². The number of rotatable bonds is 7. The second-order valence-corrected chi connectivity index (χ2v) is 9.78. The van der Waals surface area contributed by atoms with Gasteiger partial charge in [0.1, 0.15) is 5.75 Å². The summed E-state index contributed by atoms with van der Waals surface area (Å²) in [6.07, 6.45) is 7.42. The minimum Gasteiger partial charge on any atom is -0.429 e. The van der Waals surface area contributed by atoms with Gasteiger partial charge in [0.05, 0.1) is 5.56 Å². The zero-order valence-corrected chi connectivity index (χ0v) is 18.9. The number of hydrogen-bond acceptors (Lipinski definition) is 1. The van der Waals surface area contributed by atoms with Crippen LogP contribution in [0, 0.1) is 35.2 Å². The molecule has 2 atom stereocenters. The molecular weight excluding hydrogens is 435 g/mol. The van der Waals surface area contributed by atoms with Gasteiger partial charge in [-0.25, -0.2) is 13.2 Å². The summed E-state index contributed by atoms with van der Waals surface area (Å²) in [7, 11) is 0. The van der Waals surface area contributed by atoms with Crippen LogP contribution in [-0.2, 0) is 6.11 Å². The monoisotopic (exact) mass is 466 g/mol. The van der Waals surface area contributed by atoms with E-state index in [1.165, 1.54) is 57.1 Å². The molecule has 180 valence electrons. The van der Waals surface area contributed by atoms with Gasteiger partial charge in [0.25, 0.3) is 0 Å². The van der Waals surface area contributed by atoms with Crippen molar-refractivity contribution in [1.82, 2.24) is 0 Å². The van der Waals surface area contributed by atoms with Crippen molar-refractivity contribution >= 4 is 0 Å². The quantitative estimate of drug-likeness (QED) is 0.293. The van der Waals surface area contributed by atoms with Crippen molar-refractivity contribution in [3.05, 3.63) is 65.0 Å². The molecule has 2 aromatic rings. The summed E-state index contributed by atoms with van der Waals surface area (Å²) in [6, 6.07) is 6.79. The third kappa shape index (κ3) is 5.52. The Morgan fingerprint density at radius 1 is 0.848 bits per heavy atom. The van der Waals surface area contributed by atoms with Crippen LogP contribution in [0.15, 0.2) is 36.4 Å². The molecular formula is C27H31F5O. The minimum atomic E-state index is -3.80. The second-order valence-electron chi connectivity index (χ2n) is 9.78. The number of ether oxygens (including phenoxy) is 1. The van der Waals surface area contributed by atoms with Crippen molar-refractivity contribution in [2.75, 3.05) is 0 Å². The first kappa shape index (κ1) is 24.0. The van der Waals surface area contributed by atoms with Crippen molar-refractivity contribution in [2.45, 2.75) is 76.7 Å². The normalized spacial score (nSPS) is 25.9. The highest BCUT2D eigenvalue weighted by atomic mass is 19.3. The van der Waals surface area contributed by atoms with E-state index < -0.39 is 34.9 Å². The Labute approximate surface area is 192 Å². The summed E-state index contributed by atoms with van der Waals surface area (Å²) in [4.78, 5) is 0. The molecule has 1 nitrogen and oxygen atoms in total. The van der Waals surface area contributed by atoms with Gasteiger partial charge in [-0.3, -0.25) is 0 Å². The zero-order chi connectivity index (χ0) is 23.6. The molecule has 0 saturated heterocycles. The van der Waals surface area contributed by atoms with Gasteiger partial charge in [0.15, 0.2) is 17.5 Å². The van der Waals surface area contributed by atoms with Crippen LogP contribution in [0.2, 0.25) is 0 Å². The Morgan fingerprint density at radius 3 is 2.06 bits per heavy atom. The molecule has 0 heterocycles. The molecule has 0 aromatic heterocycles. The molecule has 0 N–H and O–H groups in total. The van der Waals surface area contributed by atoms with Gasteiger partial charge in [-0.2, -0.15) is 8.78 Å². The van der Waals surface area contributed by atoms with E-state index in [1.54, 1.807) is 12.1 Å². The van der Waals surface area contributed by atoms with Gasteiger partial charge < -0.3 is 4.74 Å². The highest BCUT2D eigenvalue weighted by molar-refractivity contribution is 5.30. The smallest absolute Gasteiger partial charge is 0.426 e. The molecule has 0 radical (unpaired) electrons. The van der Waals surface area contributed by atoms with E-state index in [4.69, 9.17) is 0 Å². The van der Waals surface area contributed by atoms with Crippen LogP contribution >= 0.6 is 0 Å². The van der Waals surface area contributed by atoms with Crippen LogP contribution in [0.3, 0.4) is 0 Å². The molecule has 0 spiro atoms. The lowest BCUT2D eigenvalue weighted by Gasteiger charge is -2.32. The van der Waals surface area contributed by atoms with E-state index in [9.17, 15) is 22.0 Å². The second kappa shape index (κ2) is 10.0. The summed E-state index contributed by atoms with van der Waals surface area (Å²) in [5, 5.41) is 0. The van der Waals surface area contributed by atoms with Crippen LogP contribution in [0.25, 0.3) is 0 Å². The maximum Gasteiger partial charge on any atom is 0.426 e. The van der Waals surface area contributed by atoms with Crippen molar-refractivity contribution < 1.29 is 26.7 Å². The van der Waals surface area contributed by atoms with Crippen LogP contribution in [-0.4, -0.2) is 0 Å². The molecule has 2 aliphatic carbocycles. The number of hydrogen-bond donors (Lipinski definition) is 0. The highest BCUT2D eigenvalue weighted by Gasteiger charge is 2.36. The van der Waals surface area contributed by atoms with Crippen LogP contribution in [0.4, 0.5) is 22.0 Å². The lowest BCUT2D eigenvalue weighted by Crippen LogP contribution is -2.22. The van der Waals surface area contributed by atoms with E-state index in [0.717, 1.165) is 36.2 Å². The fraction of sp³-hybridized carbons (Fsp3) is 0.556. The van der Waals surface area contributed by atoms with E-state index in [-0.39, 0.29) is 0 Å². The highest BCUT2D eigenvalue weighted by Crippen LogP contribution is 2.46. The maximum atomic E-state index is 14.5. The fourth-order valence-corrected chi connectivity index (χ4v) is 5.88. The van der Waals surface area contributed by atoms with Gasteiger partial charge in [-0.1, -0.05) is 38.3 Å². The topological polar surface area (TPSA) is 9.23 Å². The first-order valence-electron chi connectivity index (χ1n) is 12.1. The van der Waals surface area contributed by atoms with Gasteiger partial charge in [0.2, 0.25) is 0 Å². The number of benzene rings is 2. The lowest BCUT2D eigenvalue weighted by atomic mass is 9.73. The average Bonchev–Trinajstić information content (AvgIpc) is 3.26. The molecule has 2 saturated carbocycles. The third-order valence-corrected chi connectivity index (χ3v) is 7.64. The Bertz CT molecular complexity index is 911. The summed E-state index contributed by atoms with van der Waals surface area (Å²) in [5.41, 5.74) is 0.611.